The first-order chi connectivity index (χ1) is 10.3. The number of ether oxygens (including phenoxy) is 1. The molecule has 1 aliphatic carbocycles. The largest absolute Gasteiger partial charge is 0.380 e. The Hall–Kier alpha value is -0.870. The van der Waals surface area contributed by atoms with Crippen LogP contribution in [0.15, 0.2) is 12.2 Å². The van der Waals surface area contributed by atoms with Crippen molar-refractivity contribution in [3.05, 3.63) is 12.2 Å². The summed E-state index contributed by atoms with van der Waals surface area (Å²) < 4.78 is 5.48. The summed E-state index contributed by atoms with van der Waals surface area (Å²) in [5.74, 6) is 1.14. The van der Waals surface area contributed by atoms with E-state index in [0.717, 1.165) is 39.0 Å². The van der Waals surface area contributed by atoms with E-state index in [2.05, 4.69) is 22.4 Å². The molecular formula is C17H28N2O2. The zero-order valence-corrected chi connectivity index (χ0v) is 12.9. The molecule has 118 valence electrons. The van der Waals surface area contributed by atoms with Gasteiger partial charge >= 0.3 is 0 Å². The Morgan fingerprint density at radius 3 is 2.71 bits per heavy atom. The lowest BCUT2D eigenvalue weighted by molar-refractivity contribution is -0.125. The van der Waals surface area contributed by atoms with Crippen LogP contribution in [0.3, 0.4) is 0 Å². The first-order valence-corrected chi connectivity index (χ1v) is 8.57. The van der Waals surface area contributed by atoms with Crippen molar-refractivity contribution in [2.45, 2.75) is 44.6 Å². The van der Waals surface area contributed by atoms with Crippen LogP contribution >= 0.6 is 0 Å². The molecule has 3 rings (SSSR count). The summed E-state index contributed by atoms with van der Waals surface area (Å²) in [5.41, 5.74) is 0. The maximum atomic E-state index is 12.1. The van der Waals surface area contributed by atoms with Crippen LogP contribution in [0.5, 0.6) is 0 Å². The number of amides is 1. The fourth-order valence-electron chi connectivity index (χ4n) is 3.75. The normalized spacial score (nSPS) is 31.4. The number of carbonyl (C=O) groups excluding carboxylic acids is 1. The zero-order valence-electron chi connectivity index (χ0n) is 12.9. The van der Waals surface area contributed by atoms with Crippen LogP contribution in [0.25, 0.3) is 0 Å². The monoisotopic (exact) mass is 292 g/mol. The molecule has 0 saturated carbocycles. The molecular weight excluding hydrogens is 264 g/mol. The van der Waals surface area contributed by atoms with Crippen molar-refractivity contribution < 1.29 is 9.53 Å². The topological polar surface area (TPSA) is 41.6 Å². The van der Waals surface area contributed by atoms with Gasteiger partial charge in [-0.1, -0.05) is 12.2 Å². The second-order valence-corrected chi connectivity index (χ2v) is 6.72. The highest BCUT2D eigenvalue weighted by molar-refractivity contribution is 5.78. The molecule has 21 heavy (non-hydrogen) atoms. The molecule has 2 saturated heterocycles. The van der Waals surface area contributed by atoms with Gasteiger partial charge in [0.1, 0.15) is 0 Å². The Bertz CT molecular complexity index is 369. The van der Waals surface area contributed by atoms with Crippen molar-refractivity contribution in [2.24, 2.45) is 11.8 Å². The van der Waals surface area contributed by atoms with Gasteiger partial charge in [0.2, 0.25) is 5.91 Å². The highest BCUT2D eigenvalue weighted by Gasteiger charge is 2.28. The maximum Gasteiger partial charge on any atom is 0.223 e. The fraction of sp³-hybridized carbons (Fsp3) is 0.824. The van der Waals surface area contributed by atoms with E-state index in [4.69, 9.17) is 4.74 Å². The van der Waals surface area contributed by atoms with Crippen LogP contribution < -0.4 is 5.32 Å². The van der Waals surface area contributed by atoms with Gasteiger partial charge in [-0.2, -0.15) is 0 Å². The Balaban J connectivity index is 1.35. The van der Waals surface area contributed by atoms with E-state index < -0.39 is 0 Å². The molecule has 2 fully saturated rings. The molecule has 2 aliphatic heterocycles. The van der Waals surface area contributed by atoms with E-state index in [9.17, 15) is 4.79 Å². The van der Waals surface area contributed by atoms with Crippen molar-refractivity contribution in [2.75, 3.05) is 32.8 Å². The molecule has 0 bridgehead atoms. The number of nitrogens with zero attached hydrogens (tertiary/aromatic N) is 1. The molecule has 4 nitrogen and oxygen atoms in total. The van der Waals surface area contributed by atoms with Crippen molar-refractivity contribution in [1.29, 1.82) is 0 Å². The molecule has 2 atom stereocenters. The third-order valence-corrected chi connectivity index (χ3v) is 5.28. The minimum Gasteiger partial charge on any atom is -0.380 e. The number of allylic oxidation sites excluding steroid dienone is 2. The van der Waals surface area contributed by atoms with Gasteiger partial charge in [0.05, 0.1) is 6.61 Å². The minimum absolute atomic E-state index is 0.214. The first kappa shape index (κ1) is 15.0. The second-order valence-electron chi connectivity index (χ2n) is 6.72. The predicted molar refractivity (Wildman–Crippen MR) is 83.0 cm³/mol. The van der Waals surface area contributed by atoms with Gasteiger partial charge in [0, 0.05) is 25.1 Å². The van der Waals surface area contributed by atoms with Crippen molar-refractivity contribution in [3.8, 4) is 0 Å². The fourth-order valence-corrected chi connectivity index (χ4v) is 3.75. The predicted octanol–water partition coefficient (Wildman–Crippen LogP) is 1.96. The molecule has 0 unspecified atom stereocenters. The summed E-state index contributed by atoms with van der Waals surface area (Å²) in [5, 5.41) is 3.19. The molecule has 1 amide bonds. The highest BCUT2D eigenvalue weighted by atomic mass is 16.5. The molecule has 0 radical (unpaired) electrons. The van der Waals surface area contributed by atoms with Crippen molar-refractivity contribution in [3.63, 3.8) is 0 Å². The second kappa shape index (κ2) is 7.41. The van der Waals surface area contributed by atoms with Gasteiger partial charge < -0.3 is 10.1 Å². The molecule has 2 heterocycles. The molecule has 3 aliphatic rings. The Kier molecular flexibility index (Phi) is 5.31. The van der Waals surface area contributed by atoms with Crippen LogP contribution in [0.2, 0.25) is 0 Å². The minimum atomic E-state index is 0.214. The maximum absolute atomic E-state index is 12.1. The summed E-state index contributed by atoms with van der Waals surface area (Å²) in [4.78, 5) is 14.7. The number of piperidine rings is 1. The lowest BCUT2D eigenvalue weighted by Crippen LogP contribution is -2.44. The first-order valence-electron chi connectivity index (χ1n) is 8.57. The molecule has 0 aromatic rings. The summed E-state index contributed by atoms with van der Waals surface area (Å²) >= 11 is 0. The van der Waals surface area contributed by atoms with Crippen LogP contribution in [0, 0.1) is 11.8 Å². The van der Waals surface area contributed by atoms with E-state index in [1.807, 2.05) is 0 Å². The van der Waals surface area contributed by atoms with Crippen LogP contribution in [0.1, 0.15) is 38.5 Å². The molecule has 0 aromatic carbocycles. The molecule has 0 aromatic heterocycles. The number of nitrogens with one attached hydrogen (secondary N) is 1. The summed E-state index contributed by atoms with van der Waals surface area (Å²) in [7, 11) is 0. The third kappa shape index (κ3) is 4.07. The lowest BCUT2D eigenvalue weighted by atomic mass is 9.92. The number of hydrogen-bond acceptors (Lipinski definition) is 3. The van der Waals surface area contributed by atoms with Crippen LogP contribution in [0.4, 0.5) is 0 Å². The molecule has 4 heteroatoms. The van der Waals surface area contributed by atoms with E-state index in [0.29, 0.717) is 12.0 Å². The van der Waals surface area contributed by atoms with E-state index >= 15 is 0 Å². The van der Waals surface area contributed by atoms with Crippen molar-refractivity contribution >= 4 is 5.91 Å². The molecule has 0 spiro atoms. The lowest BCUT2D eigenvalue weighted by Gasteiger charge is -2.35. The summed E-state index contributed by atoms with van der Waals surface area (Å²) in [6.45, 7) is 5.04. The quantitative estimate of drug-likeness (QED) is 0.805. The Labute approximate surface area is 127 Å². The number of likely N-dealkylation sites (tertiary alicyclic amines) is 1. The van der Waals surface area contributed by atoms with Crippen molar-refractivity contribution in [1.82, 2.24) is 10.2 Å². The van der Waals surface area contributed by atoms with E-state index in [1.165, 1.54) is 32.4 Å². The molecule has 1 N–H and O–H groups in total. The van der Waals surface area contributed by atoms with Gasteiger partial charge in [-0.05, 0) is 57.5 Å². The van der Waals surface area contributed by atoms with Crippen LogP contribution in [-0.4, -0.2) is 49.7 Å². The summed E-state index contributed by atoms with van der Waals surface area (Å²) in [6.07, 6.45) is 10.9. The van der Waals surface area contributed by atoms with E-state index in [-0.39, 0.29) is 11.8 Å². The highest BCUT2D eigenvalue weighted by Crippen LogP contribution is 2.22. The average molecular weight is 292 g/mol. The smallest absolute Gasteiger partial charge is 0.223 e. The average Bonchev–Trinajstić information content (AvgIpc) is 3.08. The third-order valence-electron chi connectivity index (χ3n) is 5.28. The van der Waals surface area contributed by atoms with Gasteiger partial charge in [-0.3, -0.25) is 9.69 Å². The number of carbonyl (C=O) groups is 1. The Morgan fingerprint density at radius 2 is 2.05 bits per heavy atom. The zero-order chi connectivity index (χ0) is 14.5. The van der Waals surface area contributed by atoms with Gasteiger partial charge in [0.25, 0.3) is 0 Å². The van der Waals surface area contributed by atoms with Gasteiger partial charge in [0.15, 0.2) is 0 Å². The number of hydrogen-bond donors (Lipinski definition) is 1. The number of rotatable bonds is 4. The van der Waals surface area contributed by atoms with Crippen LogP contribution in [-0.2, 0) is 9.53 Å². The summed E-state index contributed by atoms with van der Waals surface area (Å²) in [6, 6.07) is 0.648. The van der Waals surface area contributed by atoms with E-state index in [1.54, 1.807) is 0 Å². The standard InChI is InChI=1S/C17H28N2O2/c20-17(15-4-2-1-3-5-15)18-12-14-6-9-19(10-7-14)16-8-11-21-13-16/h1-2,14-16H,3-13H2,(H,18,20)/t15-,16+/m0/s1. The van der Waals surface area contributed by atoms with Gasteiger partial charge in [-0.25, -0.2) is 0 Å². The van der Waals surface area contributed by atoms with Gasteiger partial charge in [-0.15, -0.1) is 0 Å². The Morgan fingerprint density at radius 1 is 1.19 bits per heavy atom. The SMILES string of the molecule is O=C(NCC1CCN([C@@H]2CCOC2)CC1)[C@H]1CC=CCC1.